The fraction of sp³-hybridized carbons (Fsp3) is 0.556. The molecule has 1 aliphatic carbocycles. The minimum atomic E-state index is -0.255. The maximum absolute atomic E-state index is 12.1. The molecule has 0 bridgehead atoms. The highest BCUT2D eigenvalue weighted by atomic mass is 32.2. The van der Waals surface area contributed by atoms with Crippen molar-refractivity contribution in [1.29, 1.82) is 0 Å². The van der Waals surface area contributed by atoms with Gasteiger partial charge in [0, 0.05) is 12.2 Å². The van der Waals surface area contributed by atoms with E-state index in [9.17, 15) is 4.79 Å². The lowest BCUT2D eigenvalue weighted by Gasteiger charge is -2.28. The van der Waals surface area contributed by atoms with Crippen molar-refractivity contribution >= 4 is 23.5 Å². The second kappa shape index (κ2) is 9.70. The number of amides is 2. The smallest absolute Gasteiger partial charge is 0.319 e. The number of benzene rings is 1. The summed E-state index contributed by atoms with van der Waals surface area (Å²) in [5.74, 6) is 0.604. The Morgan fingerprint density at radius 1 is 1.37 bits per heavy atom. The molecule has 1 aliphatic rings. The predicted molar refractivity (Wildman–Crippen MR) is 105 cm³/mol. The summed E-state index contributed by atoms with van der Waals surface area (Å²) in [5, 5.41) is 18.0. The van der Waals surface area contributed by atoms with Gasteiger partial charge in [0.25, 0.3) is 0 Å². The maximum atomic E-state index is 12.1. The molecule has 1 fully saturated rings. The molecule has 0 aliphatic heterocycles. The fourth-order valence-electron chi connectivity index (χ4n) is 3.26. The molecule has 0 unspecified atom stereocenters. The summed E-state index contributed by atoms with van der Waals surface area (Å²) in [6.07, 6.45) is 7.11. The Kier molecular flexibility index (Phi) is 7.05. The number of hydrogen-bond acceptors (Lipinski definition) is 6. The second-order valence-electron chi connectivity index (χ2n) is 6.68. The molecule has 2 amide bonds. The summed E-state index contributed by atoms with van der Waals surface area (Å²) in [6, 6.07) is 7.14. The summed E-state index contributed by atoms with van der Waals surface area (Å²) in [6.45, 7) is 3.26. The van der Waals surface area contributed by atoms with Gasteiger partial charge >= 0.3 is 6.03 Å². The van der Waals surface area contributed by atoms with E-state index in [0.717, 1.165) is 12.1 Å². The molecule has 1 aromatic carbocycles. The zero-order chi connectivity index (χ0) is 19.1. The van der Waals surface area contributed by atoms with Crippen molar-refractivity contribution < 1.29 is 9.53 Å². The molecular weight excluding hydrogens is 364 g/mol. The van der Waals surface area contributed by atoms with Crippen LogP contribution in [-0.2, 0) is 4.74 Å². The number of nitrogens with one attached hydrogen (secondary N) is 2. The van der Waals surface area contributed by atoms with Crippen molar-refractivity contribution in [3.8, 4) is 5.69 Å². The number of nitrogens with zero attached hydrogens (tertiary/aromatic N) is 4. The van der Waals surface area contributed by atoms with Gasteiger partial charge in [-0.25, -0.2) is 4.79 Å². The van der Waals surface area contributed by atoms with E-state index in [2.05, 4.69) is 33.1 Å². The van der Waals surface area contributed by atoms with Gasteiger partial charge in [0.15, 0.2) is 0 Å². The lowest BCUT2D eigenvalue weighted by Crippen LogP contribution is -2.34. The number of tetrazole rings is 1. The van der Waals surface area contributed by atoms with Gasteiger partial charge in [-0.05, 0) is 53.6 Å². The number of thioether (sulfide) groups is 1. The third-order valence-electron chi connectivity index (χ3n) is 4.72. The summed E-state index contributed by atoms with van der Waals surface area (Å²) < 4.78 is 7.55. The van der Waals surface area contributed by atoms with Gasteiger partial charge < -0.3 is 15.4 Å². The number of rotatable bonds is 7. The van der Waals surface area contributed by atoms with Crippen molar-refractivity contribution in [1.82, 2.24) is 25.5 Å². The molecule has 9 heteroatoms. The SMILES string of the molecule is CSc1nnnn1-c1cccc(NC(=O)NCCO[C@@H]2CCCC[C@H]2C)c1. The Bertz CT molecular complexity index is 753. The monoisotopic (exact) mass is 390 g/mol. The average Bonchev–Trinajstić information content (AvgIpc) is 3.15. The Balaban J connectivity index is 1.46. The number of ether oxygens (including phenoxy) is 1. The molecule has 27 heavy (non-hydrogen) atoms. The lowest BCUT2D eigenvalue weighted by molar-refractivity contribution is -0.00232. The van der Waals surface area contributed by atoms with E-state index in [1.807, 2.05) is 30.5 Å². The van der Waals surface area contributed by atoms with Crippen molar-refractivity contribution in [2.24, 2.45) is 5.92 Å². The minimum absolute atomic E-state index is 0.255. The quantitative estimate of drug-likeness (QED) is 0.557. The highest BCUT2D eigenvalue weighted by Crippen LogP contribution is 2.26. The molecule has 8 nitrogen and oxygen atoms in total. The number of carbonyl (C=O) groups excluding carboxylic acids is 1. The zero-order valence-corrected chi connectivity index (χ0v) is 16.5. The van der Waals surface area contributed by atoms with Crippen LogP contribution in [0, 0.1) is 5.92 Å². The van der Waals surface area contributed by atoms with E-state index in [1.54, 1.807) is 4.68 Å². The summed E-state index contributed by atoms with van der Waals surface area (Å²) in [7, 11) is 0. The predicted octanol–water partition coefficient (Wildman–Crippen LogP) is 3.10. The van der Waals surface area contributed by atoms with Crippen LogP contribution in [0.4, 0.5) is 10.5 Å². The number of urea groups is 1. The third-order valence-corrected chi connectivity index (χ3v) is 5.34. The molecule has 1 saturated carbocycles. The van der Waals surface area contributed by atoms with Crippen LogP contribution in [0.15, 0.2) is 29.4 Å². The van der Waals surface area contributed by atoms with Crippen molar-refractivity contribution in [3.63, 3.8) is 0 Å². The number of carbonyl (C=O) groups is 1. The molecule has 146 valence electrons. The topological polar surface area (TPSA) is 94.0 Å². The van der Waals surface area contributed by atoms with Gasteiger partial charge in [-0.1, -0.05) is 37.6 Å². The minimum Gasteiger partial charge on any atom is -0.376 e. The van der Waals surface area contributed by atoms with Crippen LogP contribution in [0.1, 0.15) is 32.6 Å². The third kappa shape index (κ3) is 5.43. The van der Waals surface area contributed by atoms with Crippen LogP contribution >= 0.6 is 11.8 Å². The number of aromatic nitrogens is 4. The lowest BCUT2D eigenvalue weighted by atomic mass is 9.88. The van der Waals surface area contributed by atoms with Gasteiger partial charge in [-0.2, -0.15) is 4.68 Å². The Labute approximate surface area is 163 Å². The first-order chi connectivity index (χ1) is 13.2. The van der Waals surface area contributed by atoms with E-state index >= 15 is 0 Å². The molecule has 0 radical (unpaired) electrons. The zero-order valence-electron chi connectivity index (χ0n) is 15.7. The summed E-state index contributed by atoms with van der Waals surface area (Å²) >= 11 is 1.46. The normalized spacial score (nSPS) is 19.6. The Hall–Kier alpha value is -2.13. The van der Waals surface area contributed by atoms with Crippen molar-refractivity contribution in [2.75, 3.05) is 24.7 Å². The standard InChI is InChI=1S/C18H26N6O2S/c1-13-6-3-4-9-16(13)26-11-10-19-17(25)20-14-7-5-8-15(12-14)24-18(27-2)21-22-23-24/h5,7-8,12-13,16H,3-4,6,9-11H2,1-2H3,(H2,19,20,25)/t13-,16-/m1/s1. The highest BCUT2D eigenvalue weighted by molar-refractivity contribution is 7.98. The van der Waals surface area contributed by atoms with Crippen LogP contribution in [0.5, 0.6) is 0 Å². The molecule has 1 heterocycles. The molecule has 2 atom stereocenters. The van der Waals surface area contributed by atoms with Gasteiger partial charge in [0.2, 0.25) is 5.16 Å². The molecule has 3 rings (SSSR count). The molecule has 0 spiro atoms. The Morgan fingerprint density at radius 3 is 3.04 bits per heavy atom. The van der Waals surface area contributed by atoms with E-state index in [0.29, 0.717) is 36.0 Å². The second-order valence-corrected chi connectivity index (χ2v) is 7.45. The van der Waals surface area contributed by atoms with Gasteiger partial charge in [0.1, 0.15) is 0 Å². The largest absolute Gasteiger partial charge is 0.376 e. The van der Waals surface area contributed by atoms with E-state index in [4.69, 9.17) is 4.74 Å². The van der Waals surface area contributed by atoms with Crippen LogP contribution < -0.4 is 10.6 Å². The van der Waals surface area contributed by atoms with Gasteiger partial charge in [-0.15, -0.1) is 5.10 Å². The van der Waals surface area contributed by atoms with Crippen LogP contribution in [-0.4, -0.2) is 51.7 Å². The van der Waals surface area contributed by atoms with E-state index < -0.39 is 0 Å². The Morgan fingerprint density at radius 2 is 2.22 bits per heavy atom. The maximum Gasteiger partial charge on any atom is 0.319 e. The molecule has 1 aromatic heterocycles. The molecule has 2 aromatic rings. The molecule has 2 N–H and O–H groups in total. The van der Waals surface area contributed by atoms with Crippen LogP contribution in [0.2, 0.25) is 0 Å². The number of hydrogen-bond donors (Lipinski definition) is 2. The first-order valence-corrected chi connectivity index (χ1v) is 10.5. The van der Waals surface area contributed by atoms with E-state index in [1.165, 1.54) is 31.0 Å². The van der Waals surface area contributed by atoms with Crippen LogP contribution in [0.25, 0.3) is 5.69 Å². The molecular formula is C18H26N6O2S. The van der Waals surface area contributed by atoms with Gasteiger partial charge in [-0.3, -0.25) is 0 Å². The summed E-state index contributed by atoms with van der Waals surface area (Å²) in [4.78, 5) is 12.1. The van der Waals surface area contributed by atoms with Crippen LogP contribution in [0.3, 0.4) is 0 Å². The van der Waals surface area contributed by atoms with E-state index in [-0.39, 0.29) is 6.03 Å². The van der Waals surface area contributed by atoms with Gasteiger partial charge in [0.05, 0.1) is 18.4 Å². The first-order valence-electron chi connectivity index (χ1n) is 9.26. The first kappa shape index (κ1) is 19.6. The van der Waals surface area contributed by atoms with Crippen molar-refractivity contribution in [3.05, 3.63) is 24.3 Å². The summed E-state index contributed by atoms with van der Waals surface area (Å²) in [5.41, 5.74) is 1.46. The molecule has 0 saturated heterocycles. The highest BCUT2D eigenvalue weighted by Gasteiger charge is 2.21. The fourth-order valence-corrected chi connectivity index (χ4v) is 3.70. The number of anilines is 1. The average molecular weight is 391 g/mol. The van der Waals surface area contributed by atoms with Crippen molar-refractivity contribution in [2.45, 2.75) is 43.9 Å².